The number of aromatic carboxylic acids is 1. The van der Waals surface area contributed by atoms with E-state index in [2.05, 4.69) is 9.68 Å². The lowest BCUT2D eigenvalue weighted by atomic mass is 10.2. The highest BCUT2D eigenvalue weighted by Gasteiger charge is 2.19. The molecule has 1 N–H and O–H groups in total. The number of carboxylic acid groups (broad SMARTS) is 1. The Hall–Kier alpha value is -1.65. The van der Waals surface area contributed by atoms with Gasteiger partial charge in [-0.2, -0.15) is 0 Å². The zero-order valence-corrected chi connectivity index (χ0v) is 6.62. The Morgan fingerprint density at radius 1 is 1.50 bits per heavy atom. The summed E-state index contributed by atoms with van der Waals surface area (Å²) in [5.41, 5.74) is 0.0650. The highest BCUT2D eigenvalue weighted by molar-refractivity contribution is 5.96. The average Bonchev–Trinajstić information content (AvgIpc) is 2.30. The van der Waals surface area contributed by atoms with Crippen LogP contribution in [0.4, 0.5) is 0 Å². The van der Waals surface area contributed by atoms with Gasteiger partial charge in [0.2, 0.25) is 5.76 Å². The van der Waals surface area contributed by atoms with Crippen molar-refractivity contribution in [3.05, 3.63) is 17.0 Å². The van der Waals surface area contributed by atoms with Gasteiger partial charge in [0.05, 0.1) is 0 Å². The van der Waals surface area contributed by atoms with Gasteiger partial charge in [0.15, 0.2) is 11.5 Å². The minimum absolute atomic E-state index is 0.00685. The SMILES string of the molecule is CC(=O)c1onc(C(=O)O)c1C. The molecule has 1 rings (SSSR count). The van der Waals surface area contributed by atoms with E-state index in [0.717, 1.165) is 0 Å². The first-order valence-corrected chi connectivity index (χ1v) is 3.24. The lowest BCUT2D eigenvalue weighted by Gasteiger charge is -1.87. The summed E-state index contributed by atoms with van der Waals surface area (Å²) < 4.78 is 4.54. The van der Waals surface area contributed by atoms with Gasteiger partial charge in [0.25, 0.3) is 0 Å². The van der Waals surface area contributed by atoms with Gasteiger partial charge in [-0.3, -0.25) is 4.79 Å². The lowest BCUT2D eigenvalue weighted by Crippen LogP contribution is -2.00. The Bertz CT molecular complexity index is 308. The van der Waals surface area contributed by atoms with Crippen LogP contribution in [0, 0.1) is 6.92 Å². The molecule has 0 aliphatic rings. The van der Waals surface area contributed by atoms with E-state index in [1.165, 1.54) is 13.8 Å². The number of hydrogen-bond donors (Lipinski definition) is 1. The molecule has 1 aromatic rings. The summed E-state index contributed by atoms with van der Waals surface area (Å²) in [4.78, 5) is 21.2. The molecule has 12 heavy (non-hydrogen) atoms. The lowest BCUT2D eigenvalue weighted by molar-refractivity contribution is 0.0684. The third-order valence-electron chi connectivity index (χ3n) is 1.45. The zero-order valence-electron chi connectivity index (χ0n) is 6.62. The Morgan fingerprint density at radius 2 is 2.08 bits per heavy atom. The molecule has 0 aliphatic heterocycles. The highest BCUT2D eigenvalue weighted by atomic mass is 16.5. The number of ketones is 1. The summed E-state index contributed by atoms with van der Waals surface area (Å²) in [5.74, 6) is -1.51. The molecule has 0 radical (unpaired) electrons. The van der Waals surface area contributed by atoms with Gasteiger partial charge in [-0.05, 0) is 6.92 Å². The third kappa shape index (κ3) is 1.20. The van der Waals surface area contributed by atoms with Crippen LogP contribution in [0.1, 0.15) is 33.5 Å². The van der Waals surface area contributed by atoms with E-state index in [-0.39, 0.29) is 22.8 Å². The summed E-state index contributed by atoms with van der Waals surface area (Å²) in [5, 5.41) is 11.8. The van der Waals surface area contributed by atoms with Gasteiger partial charge in [-0.25, -0.2) is 4.79 Å². The molecule has 1 heterocycles. The molecule has 0 aromatic carbocycles. The fourth-order valence-corrected chi connectivity index (χ4v) is 0.864. The molecule has 0 aliphatic carbocycles. The molecule has 5 heteroatoms. The molecule has 0 spiro atoms. The monoisotopic (exact) mass is 169 g/mol. The maximum absolute atomic E-state index is 10.8. The molecule has 0 unspecified atom stereocenters. The van der Waals surface area contributed by atoms with E-state index < -0.39 is 5.97 Å². The third-order valence-corrected chi connectivity index (χ3v) is 1.45. The zero-order chi connectivity index (χ0) is 9.30. The second-order valence-corrected chi connectivity index (χ2v) is 2.35. The number of hydrogen-bond acceptors (Lipinski definition) is 4. The normalized spacial score (nSPS) is 9.83. The van der Waals surface area contributed by atoms with Crippen LogP contribution in [0.2, 0.25) is 0 Å². The molecule has 0 atom stereocenters. The van der Waals surface area contributed by atoms with Crippen molar-refractivity contribution in [1.82, 2.24) is 5.16 Å². The van der Waals surface area contributed by atoms with E-state index >= 15 is 0 Å². The van der Waals surface area contributed by atoms with E-state index in [4.69, 9.17) is 5.11 Å². The van der Waals surface area contributed by atoms with E-state index in [1.807, 2.05) is 0 Å². The maximum Gasteiger partial charge on any atom is 0.358 e. The van der Waals surface area contributed by atoms with Gasteiger partial charge >= 0.3 is 5.97 Å². The van der Waals surface area contributed by atoms with Crippen LogP contribution in [0.15, 0.2) is 4.52 Å². The highest BCUT2D eigenvalue weighted by Crippen LogP contribution is 2.12. The van der Waals surface area contributed by atoms with Crippen LogP contribution < -0.4 is 0 Å². The van der Waals surface area contributed by atoms with Crippen molar-refractivity contribution in [3.63, 3.8) is 0 Å². The predicted molar refractivity (Wildman–Crippen MR) is 38.2 cm³/mol. The van der Waals surface area contributed by atoms with Gasteiger partial charge < -0.3 is 9.63 Å². The summed E-state index contributed by atoms with van der Waals surface area (Å²) in [6.45, 7) is 2.77. The van der Waals surface area contributed by atoms with Gasteiger partial charge in [-0.15, -0.1) is 0 Å². The van der Waals surface area contributed by atoms with Crippen LogP contribution in [0.25, 0.3) is 0 Å². The first-order chi connectivity index (χ1) is 5.54. The quantitative estimate of drug-likeness (QED) is 0.664. The smallest absolute Gasteiger partial charge is 0.358 e. The van der Waals surface area contributed by atoms with Crippen LogP contribution in [0.5, 0.6) is 0 Å². The number of Topliss-reactive ketones (excluding diaryl/α,β-unsaturated/α-hetero) is 1. The number of carbonyl (C=O) groups excluding carboxylic acids is 1. The molecule has 0 saturated carbocycles. The average molecular weight is 169 g/mol. The van der Waals surface area contributed by atoms with Gasteiger partial charge in [0, 0.05) is 12.5 Å². The van der Waals surface area contributed by atoms with Crippen LogP contribution in [0.3, 0.4) is 0 Å². The molecular weight excluding hydrogens is 162 g/mol. The van der Waals surface area contributed by atoms with E-state index in [9.17, 15) is 9.59 Å². The molecule has 0 amide bonds. The fourth-order valence-electron chi connectivity index (χ4n) is 0.864. The topological polar surface area (TPSA) is 80.4 Å². The van der Waals surface area contributed by atoms with Gasteiger partial charge in [0.1, 0.15) is 0 Å². The number of carbonyl (C=O) groups is 2. The summed E-state index contributed by atoms with van der Waals surface area (Å²) >= 11 is 0. The second kappa shape index (κ2) is 2.77. The van der Waals surface area contributed by atoms with Crippen molar-refractivity contribution in [2.75, 3.05) is 0 Å². The molecule has 5 nitrogen and oxygen atoms in total. The Morgan fingerprint density at radius 3 is 2.33 bits per heavy atom. The molecule has 1 aromatic heterocycles. The van der Waals surface area contributed by atoms with Crippen LogP contribution >= 0.6 is 0 Å². The Balaban J connectivity index is 3.22. The van der Waals surface area contributed by atoms with Crippen molar-refractivity contribution in [1.29, 1.82) is 0 Å². The number of nitrogens with zero attached hydrogens (tertiary/aromatic N) is 1. The van der Waals surface area contributed by atoms with Crippen molar-refractivity contribution < 1.29 is 19.2 Å². The first kappa shape index (κ1) is 8.45. The van der Waals surface area contributed by atoms with Crippen molar-refractivity contribution in [2.45, 2.75) is 13.8 Å². The predicted octanol–water partition coefficient (Wildman–Crippen LogP) is 0.884. The fraction of sp³-hybridized carbons (Fsp3) is 0.286. The van der Waals surface area contributed by atoms with Gasteiger partial charge in [-0.1, -0.05) is 5.16 Å². The Kier molecular flexibility index (Phi) is 1.95. The minimum Gasteiger partial charge on any atom is -0.476 e. The number of rotatable bonds is 2. The molecule has 0 fully saturated rings. The number of carboxylic acids is 1. The standard InChI is InChI=1S/C7H7NO4/c1-3-5(7(10)11)8-12-6(3)4(2)9/h1-2H3,(H,10,11). The van der Waals surface area contributed by atoms with Crippen molar-refractivity contribution >= 4 is 11.8 Å². The largest absolute Gasteiger partial charge is 0.476 e. The maximum atomic E-state index is 10.8. The van der Waals surface area contributed by atoms with Crippen molar-refractivity contribution in [3.8, 4) is 0 Å². The van der Waals surface area contributed by atoms with Crippen molar-refractivity contribution in [2.24, 2.45) is 0 Å². The van der Waals surface area contributed by atoms with E-state index in [0.29, 0.717) is 0 Å². The molecular formula is C7H7NO4. The van der Waals surface area contributed by atoms with Crippen LogP contribution in [-0.4, -0.2) is 22.0 Å². The summed E-state index contributed by atoms with van der Waals surface area (Å²) in [6.07, 6.45) is 0. The number of aromatic nitrogens is 1. The summed E-state index contributed by atoms with van der Waals surface area (Å²) in [7, 11) is 0. The summed E-state index contributed by atoms with van der Waals surface area (Å²) in [6, 6.07) is 0. The molecule has 0 saturated heterocycles. The first-order valence-electron chi connectivity index (χ1n) is 3.24. The molecule has 0 bridgehead atoms. The minimum atomic E-state index is -1.19. The van der Waals surface area contributed by atoms with Crippen LogP contribution in [-0.2, 0) is 0 Å². The Labute approximate surface area is 68.0 Å². The second-order valence-electron chi connectivity index (χ2n) is 2.35. The van der Waals surface area contributed by atoms with E-state index in [1.54, 1.807) is 0 Å². The molecule has 64 valence electrons.